The van der Waals surface area contributed by atoms with E-state index in [2.05, 4.69) is 0 Å². The Morgan fingerprint density at radius 3 is 2.71 bits per heavy atom. The second-order valence-corrected chi connectivity index (χ2v) is 3.25. The van der Waals surface area contributed by atoms with Crippen LogP contribution < -0.4 is 10.5 Å². The van der Waals surface area contributed by atoms with Gasteiger partial charge in [-0.15, -0.1) is 0 Å². The molecule has 0 spiro atoms. The van der Waals surface area contributed by atoms with Gasteiger partial charge in [0.05, 0.1) is 7.11 Å². The third-order valence-electron chi connectivity index (χ3n) is 2.05. The van der Waals surface area contributed by atoms with Gasteiger partial charge in [-0.3, -0.25) is 4.79 Å². The van der Waals surface area contributed by atoms with E-state index in [0.717, 1.165) is 11.3 Å². The highest BCUT2D eigenvalue weighted by Crippen LogP contribution is 2.24. The highest BCUT2D eigenvalue weighted by molar-refractivity contribution is 5.76. The van der Waals surface area contributed by atoms with Crippen molar-refractivity contribution in [1.29, 1.82) is 0 Å². The predicted molar refractivity (Wildman–Crippen MR) is 55.2 cm³/mol. The number of hydrogen-bond donors (Lipinski definition) is 1. The number of benzene rings is 1. The topological polar surface area (TPSA) is 52.3 Å². The summed E-state index contributed by atoms with van der Waals surface area (Å²) >= 11 is 0. The minimum atomic E-state index is -0.274. The lowest BCUT2D eigenvalue weighted by molar-refractivity contribution is -0.117. The van der Waals surface area contributed by atoms with Crippen molar-refractivity contribution in [2.45, 2.75) is 19.4 Å². The van der Waals surface area contributed by atoms with E-state index in [0.29, 0.717) is 6.42 Å². The van der Waals surface area contributed by atoms with Crippen LogP contribution in [0.2, 0.25) is 0 Å². The van der Waals surface area contributed by atoms with Gasteiger partial charge in [0, 0.05) is 18.0 Å². The number of nitrogens with two attached hydrogens (primary N) is 1. The molecule has 0 saturated heterocycles. The summed E-state index contributed by atoms with van der Waals surface area (Å²) in [7, 11) is 1.60. The summed E-state index contributed by atoms with van der Waals surface area (Å²) in [6.07, 6.45) is 0.348. The molecule has 1 atom stereocenters. The minimum absolute atomic E-state index is 0.0865. The van der Waals surface area contributed by atoms with E-state index in [4.69, 9.17) is 10.5 Å². The zero-order valence-corrected chi connectivity index (χ0v) is 8.49. The van der Waals surface area contributed by atoms with Crippen molar-refractivity contribution >= 4 is 5.78 Å². The summed E-state index contributed by atoms with van der Waals surface area (Å²) in [5.41, 5.74) is 6.75. The zero-order valence-electron chi connectivity index (χ0n) is 8.49. The van der Waals surface area contributed by atoms with Gasteiger partial charge in [0.25, 0.3) is 0 Å². The highest BCUT2D eigenvalue weighted by Gasteiger charge is 2.12. The molecule has 0 aliphatic carbocycles. The smallest absolute Gasteiger partial charge is 0.131 e. The van der Waals surface area contributed by atoms with Gasteiger partial charge in [-0.25, -0.2) is 0 Å². The Morgan fingerprint density at radius 2 is 2.14 bits per heavy atom. The Kier molecular flexibility index (Phi) is 3.65. The molecule has 0 aliphatic rings. The predicted octanol–water partition coefficient (Wildman–Crippen LogP) is 1.67. The number of carbonyl (C=O) groups excluding carboxylic acids is 1. The van der Waals surface area contributed by atoms with Crippen molar-refractivity contribution in [3.05, 3.63) is 29.8 Å². The third kappa shape index (κ3) is 2.57. The number of Topliss-reactive ketones (excluding diaryl/α,β-unsaturated/α-hetero) is 1. The number of rotatable bonds is 4. The maximum absolute atomic E-state index is 10.9. The Bertz CT molecular complexity index is 323. The van der Waals surface area contributed by atoms with Crippen LogP contribution in [0.3, 0.4) is 0 Å². The molecule has 0 amide bonds. The standard InChI is InChI=1S/C11H15NO2/c1-8(13)7-10(12)9-5-3-4-6-11(9)14-2/h3-6,10H,7,12H2,1-2H3. The second-order valence-electron chi connectivity index (χ2n) is 3.25. The molecule has 2 N–H and O–H groups in total. The Labute approximate surface area is 83.9 Å². The van der Waals surface area contributed by atoms with Crippen LogP contribution in [0.5, 0.6) is 5.75 Å². The van der Waals surface area contributed by atoms with Gasteiger partial charge in [-0.05, 0) is 13.0 Å². The molecular formula is C11H15NO2. The number of methoxy groups -OCH3 is 1. The van der Waals surface area contributed by atoms with Gasteiger partial charge in [0.1, 0.15) is 11.5 Å². The average molecular weight is 193 g/mol. The monoisotopic (exact) mass is 193 g/mol. The summed E-state index contributed by atoms with van der Waals surface area (Å²) in [6.45, 7) is 1.54. The van der Waals surface area contributed by atoms with Gasteiger partial charge in [0.15, 0.2) is 0 Å². The summed E-state index contributed by atoms with van der Waals surface area (Å²) in [5, 5.41) is 0. The fraction of sp³-hybridized carbons (Fsp3) is 0.364. The number of para-hydroxylation sites is 1. The van der Waals surface area contributed by atoms with Crippen LogP contribution in [0.15, 0.2) is 24.3 Å². The molecule has 1 aromatic carbocycles. The molecule has 1 unspecified atom stereocenters. The molecule has 3 heteroatoms. The van der Waals surface area contributed by atoms with E-state index in [1.807, 2.05) is 24.3 Å². The quantitative estimate of drug-likeness (QED) is 0.791. The van der Waals surface area contributed by atoms with Crippen molar-refractivity contribution < 1.29 is 9.53 Å². The summed E-state index contributed by atoms with van der Waals surface area (Å²) in [5.74, 6) is 0.824. The molecule has 0 heterocycles. The fourth-order valence-corrected chi connectivity index (χ4v) is 1.39. The number of ether oxygens (including phenoxy) is 1. The van der Waals surface area contributed by atoms with Crippen LogP contribution >= 0.6 is 0 Å². The lowest BCUT2D eigenvalue weighted by Crippen LogP contribution is -2.14. The minimum Gasteiger partial charge on any atom is -0.496 e. The van der Waals surface area contributed by atoms with E-state index in [-0.39, 0.29) is 11.8 Å². The van der Waals surface area contributed by atoms with Crippen molar-refractivity contribution in [2.24, 2.45) is 5.73 Å². The van der Waals surface area contributed by atoms with Gasteiger partial charge < -0.3 is 10.5 Å². The summed E-state index contributed by atoms with van der Waals surface area (Å²) in [6, 6.07) is 7.21. The van der Waals surface area contributed by atoms with Gasteiger partial charge >= 0.3 is 0 Å². The Hall–Kier alpha value is -1.35. The maximum Gasteiger partial charge on any atom is 0.131 e. The average Bonchev–Trinajstić information content (AvgIpc) is 2.16. The molecule has 1 aromatic rings. The van der Waals surface area contributed by atoms with E-state index >= 15 is 0 Å². The van der Waals surface area contributed by atoms with E-state index in [9.17, 15) is 4.79 Å². The highest BCUT2D eigenvalue weighted by atomic mass is 16.5. The Balaban J connectivity index is 2.87. The molecule has 1 rings (SSSR count). The van der Waals surface area contributed by atoms with E-state index < -0.39 is 0 Å². The SMILES string of the molecule is COc1ccccc1C(N)CC(C)=O. The molecule has 0 saturated carbocycles. The van der Waals surface area contributed by atoms with Crippen molar-refractivity contribution in [3.8, 4) is 5.75 Å². The Morgan fingerprint density at radius 1 is 1.50 bits per heavy atom. The number of carbonyl (C=O) groups is 1. The van der Waals surface area contributed by atoms with E-state index in [1.54, 1.807) is 7.11 Å². The van der Waals surface area contributed by atoms with Gasteiger partial charge in [-0.1, -0.05) is 18.2 Å². The van der Waals surface area contributed by atoms with Crippen molar-refractivity contribution in [3.63, 3.8) is 0 Å². The van der Waals surface area contributed by atoms with Crippen LogP contribution in [-0.4, -0.2) is 12.9 Å². The summed E-state index contributed by atoms with van der Waals surface area (Å²) in [4.78, 5) is 10.9. The zero-order chi connectivity index (χ0) is 10.6. The molecule has 0 bridgehead atoms. The molecular weight excluding hydrogens is 178 g/mol. The largest absolute Gasteiger partial charge is 0.496 e. The molecule has 3 nitrogen and oxygen atoms in total. The first-order valence-electron chi connectivity index (χ1n) is 4.53. The third-order valence-corrected chi connectivity index (χ3v) is 2.05. The molecule has 0 aromatic heterocycles. The van der Waals surface area contributed by atoms with Crippen LogP contribution in [0.25, 0.3) is 0 Å². The second kappa shape index (κ2) is 4.77. The van der Waals surface area contributed by atoms with Crippen LogP contribution in [0.4, 0.5) is 0 Å². The molecule has 0 aliphatic heterocycles. The molecule has 14 heavy (non-hydrogen) atoms. The van der Waals surface area contributed by atoms with Crippen LogP contribution in [0, 0.1) is 0 Å². The van der Waals surface area contributed by atoms with Gasteiger partial charge in [-0.2, -0.15) is 0 Å². The molecule has 0 fully saturated rings. The van der Waals surface area contributed by atoms with Crippen LogP contribution in [-0.2, 0) is 4.79 Å². The fourth-order valence-electron chi connectivity index (χ4n) is 1.39. The molecule has 0 radical (unpaired) electrons. The first kappa shape index (κ1) is 10.7. The molecule has 76 valence electrons. The first-order chi connectivity index (χ1) is 6.65. The van der Waals surface area contributed by atoms with Crippen LogP contribution in [0.1, 0.15) is 24.9 Å². The van der Waals surface area contributed by atoms with Crippen molar-refractivity contribution in [1.82, 2.24) is 0 Å². The number of ketones is 1. The lowest BCUT2D eigenvalue weighted by Gasteiger charge is -2.13. The normalized spacial score (nSPS) is 12.2. The van der Waals surface area contributed by atoms with Gasteiger partial charge in [0.2, 0.25) is 0 Å². The lowest BCUT2D eigenvalue weighted by atomic mass is 10.0. The first-order valence-corrected chi connectivity index (χ1v) is 4.53. The van der Waals surface area contributed by atoms with E-state index in [1.165, 1.54) is 6.92 Å². The maximum atomic E-state index is 10.9. The summed E-state index contributed by atoms with van der Waals surface area (Å²) < 4.78 is 5.16. The van der Waals surface area contributed by atoms with Crippen molar-refractivity contribution in [2.75, 3.05) is 7.11 Å². The number of hydrogen-bond acceptors (Lipinski definition) is 3.